The Hall–Kier alpha value is -0.670. The largest absolute Gasteiger partial charge is 0.360 e. The number of nitrogens with one attached hydrogen (secondary N) is 1. The summed E-state index contributed by atoms with van der Waals surface area (Å²) in [5, 5.41) is 2.33. The van der Waals surface area contributed by atoms with E-state index in [0.717, 1.165) is 0 Å². The molecule has 1 rings (SSSR count). The normalized spacial score (nSPS) is 26.6. The van der Waals surface area contributed by atoms with Gasteiger partial charge in [-0.25, -0.2) is 8.78 Å². The highest BCUT2D eigenvalue weighted by Crippen LogP contribution is 2.08. The van der Waals surface area contributed by atoms with E-state index >= 15 is 0 Å². The topological polar surface area (TPSA) is 24.4 Å². The third kappa shape index (κ3) is 0.936. The maximum Gasteiger partial charge on any atom is 0.262 e. The zero-order valence-electron chi connectivity index (χ0n) is 3.94. The summed E-state index contributed by atoms with van der Waals surface area (Å²) >= 11 is 0. The maximum absolute atomic E-state index is 11.5. The third-order valence-corrected chi connectivity index (χ3v) is 0.790. The molecule has 0 aromatic rings. The molecule has 0 fully saturated rings. The van der Waals surface area contributed by atoms with Gasteiger partial charge in [0.15, 0.2) is 6.34 Å². The van der Waals surface area contributed by atoms with E-state index in [0.29, 0.717) is 0 Å². The molecule has 0 saturated heterocycles. The number of hydrogen-bond donors (Lipinski definition) is 1. The molecule has 0 aliphatic carbocycles. The van der Waals surface area contributed by atoms with Gasteiger partial charge in [-0.15, -0.1) is 0 Å². The smallest absolute Gasteiger partial charge is 0.262 e. The molecule has 1 heterocycles. The highest BCUT2D eigenvalue weighted by molar-refractivity contribution is 5.58. The van der Waals surface area contributed by atoms with Crippen molar-refractivity contribution >= 4 is 6.34 Å². The van der Waals surface area contributed by atoms with Crippen LogP contribution in [-0.2, 0) is 0 Å². The van der Waals surface area contributed by atoms with E-state index in [-0.39, 0.29) is 0 Å². The minimum Gasteiger partial charge on any atom is -0.360 e. The Labute approximate surface area is 45.6 Å². The molecule has 1 aliphatic rings. The standard InChI is InChI=1S/C4H4F2N2/c5-4(6)3-1-7-2-8-3/h1,3-4H,(H,7,8). The summed E-state index contributed by atoms with van der Waals surface area (Å²) in [7, 11) is 0. The van der Waals surface area contributed by atoms with Gasteiger partial charge in [-0.1, -0.05) is 0 Å². The zero-order valence-corrected chi connectivity index (χ0v) is 3.94. The molecule has 0 bridgehead atoms. The molecule has 1 N–H and O–H groups in total. The van der Waals surface area contributed by atoms with Gasteiger partial charge in [-0.2, -0.15) is 0 Å². The summed E-state index contributed by atoms with van der Waals surface area (Å²) in [6, 6.07) is -0.991. The van der Waals surface area contributed by atoms with Gasteiger partial charge >= 0.3 is 0 Å². The third-order valence-electron chi connectivity index (χ3n) is 0.790. The van der Waals surface area contributed by atoms with Crippen LogP contribution in [0.1, 0.15) is 0 Å². The lowest BCUT2D eigenvalue weighted by atomic mass is 10.3. The van der Waals surface area contributed by atoms with Crippen LogP contribution in [0.3, 0.4) is 0 Å². The first kappa shape index (κ1) is 5.47. The van der Waals surface area contributed by atoms with Crippen LogP contribution >= 0.6 is 0 Å². The minimum atomic E-state index is -2.41. The predicted molar refractivity (Wildman–Crippen MR) is 24.7 cm³/mol. The monoisotopic (exact) mass is 118 g/mol. The SMILES string of the molecule is FC(F)C1[CH]N[C]=N1. The fourth-order valence-electron chi connectivity index (χ4n) is 0.401. The van der Waals surface area contributed by atoms with E-state index in [4.69, 9.17) is 0 Å². The molecule has 0 saturated carbocycles. The first-order valence-corrected chi connectivity index (χ1v) is 2.12. The number of hydrogen-bond acceptors (Lipinski definition) is 2. The molecule has 8 heavy (non-hydrogen) atoms. The molecule has 4 heteroatoms. The average Bonchev–Trinajstić information content (AvgIpc) is 2.12. The quantitative estimate of drug-likeness (QED) is 0.525. The van der Waals surface area contributed by atoms with E-state index in [1.807, 2.05) is 0 Å². The zero-order chi connectivity index (χ0) is 5.98. The van der Waals surface area contributed by atoms with Crippen molar-refractivity contribution in [1.82, 2.24) is 5.32 Å². The summed E-state index contributed by atoms with van der Waals surface area (Å²) in [6.07, 6.45) is -0.212. The molecule has 0 aromatic carbocycles. The van der Waals surface area contributed by atoms with Crippen LogP contribution in [0, 0.1) is 6.54 Å². The summed E-state index contributed by atoms with van der Waals surface area (Å²) in [6.45, 7) is 1.20. The van der Waals surface area contributed by atoms with Crippen LogP contribution in [0.15, 0.2) is 4.99 Å². The van der Waals surface area contributed by atoms with Crippen molar-refractivity contribution < 1.29 is 8.78 Å². The molecule has 2 nitrogen and oxygen atoms in total. The van der Waals surface area contributed by atoms with Gasteiger partial charge in [-0.05, 0) is 0 Å². The highest BCUT2D eigenvalue weighted by atomic mass is 19.3. The number of aliphatic imine (C=N–C) groups is 1. The summed E-state index contributed by atoms with van der Waals surface area (Å²) < 4.78 is 23.1. The fourth-order valence-corrected chi connectivity index (χ4v) is 0.401. The lowest BCUT2D eigenvalue weighted by Gasteiger charge is -2.00. The van der Waals surface area contributed by atoms with Gasteiger partial charge in [0.1, 0.15) is 6.04 Å². The van der Waals surface area contributed by atoms with Gasteiger partial charge in [0.05, 0.1) is 6.54 Å². The van der Waals surface area contributed by atoms with Gasteiger partial charge < -0.3 is 5.32 Å². The van der Waals surface area contributed by atoms with Crippen LogP contribution in [-0.4, -0.2) is 18.8 Å². The van der Waals surface area contributed by atoms with Crippen molar-refractivity contribution in [3.8, 4) is 0 Å². The van der Waals surface area contributed by atoms with Gasteiger partial charge in [0.2, 0.25) is 0 Å². The van der Waals surface area contributed by atoms with Crippen LogP contribution in [0.2, 0.25) is 0 Å². The number of halogens is 2. The Morgan fingerprint density at radius 1 is 1.75 bits per heavy atom. The predicted octanol–water partition coefficient (Wildman–Crippen LogP) is 0.290. The molecule has 0 spiro atoms. The van der Waals surface area contributed by atoms with Crippen molar-refractivity contribution in [2.75, 3.05) is 0 Å². The van der Waals surface area contributed by atoms with E-state index < -0.39 is 12.5 Å². The second-order valence-electron chi connectivity index (χ2n) is 1.38. The van der Waals surface area contributed by atoms with E-state index in [2.05, 4.69) is 16.6 Å². The number of nitrogens with zero attached hydrogens (tertiary/aromatic N) is 1. The van der Waals surface area contributed by atoms with Crippen LogP contribution < -0.4 is 5.32 Å². The van der Waals surface area contributed by atoms with Crippen molar-refractivity contribution in [3.63, 3.8) is 0 Å². The Balaban J connectivity index is 2.36. The van der Waals surface area contributed by atoms with Crippen molar-refractivity contribution in [2.24, 2.45) is 4.99 Å². The van der Waals surface area contributed by atoms with E-state index in [9.17, 15) is 8.78 Å². The Morgan fingerprint density at radius 3 is 2.75 bits per heavy atom. The molecule has 2 radical (unpaired) electrons. The molecular formula is C4H4F2N2. The minimum absolute atomic E-state index is 0.991. The highest BCUT2D eigenvalue weighted by Gasteiger charge is 2.21. The lowest BCUT2D eigenvalue weighted by molar-refractivity contribution is 0.130. The summed E-state index contributed by atoms with van der Waals surface area (Å²) in [5.74, 6) is 0. The van der Waals surface area contributed by atoms with Gasteiger partial charge in [0.25, 0.3) is 6.43 Å². The second kappa shape index (κ2) is 2.07. The Morgan fingerprint density at radius 2 is 2.50 bits per heavy atom. The lowest BCUT2D eigenvalue weighted by Crippen LogP contribution is -2.16. The summed E-state index contributed by atoms with van der Waals surface area (Å²) in [4.78, 5) is 3.27. The average molecular weight is 118 g/mol. The van der Waals surface area contributed by atoms with Gasteiger partial charge in [0, 0.05) is 0 Å². The molecule has 1 atom stereocenters. The van der Waals surface area contributed by atoms with Crippen LogP contribution in [0.5, 0.6) is 0 Å². The van der Waals surface area contributed by atoms with Crippen molar-refractivity contribution in [3.05, 3.63) is 6.54 Å². The molecule has 1 aliphatic heterocycles. The number of alkyl halides is 2. The molecule has 1 unspecified atom stereocenters. The van der Waals surface area contributed by atoms with E-state index in [1.54, 1.807) is 0 Å². The molecular weight excluding hydrogens is 114 g/mol. The summed E-state index contributed by atoms with van der Waals surface area (Å²) in [5.41, 5.74) is 0. The van der Waals surface area contributed by atoms with Crippen molar-refractivity contribution in [1.29, 1.82) is 0 Å². The molecule has 0 amide bonds. The Kier molecular flexibility index (Phi) is 1.41. The first-order chi connectivity index (χ1) is 3.80. The number of rotatable bonds is 1. The molecule has 44 valence electrons. The van der Waals surface area contributed by atoms with Crippen LogP contribution in [0.4, 0.5) is 8.78 Å². The Bertz CT molecular complexity index is 102. The van der Waals surface area contributed by atoms with E-state index in [1.165, 1.54) is 6.54 Å². The second-order valence-corrected chi connectivity index (χ2v) is 1.38. The van der Waals surface area contributed by atoms with Gasteiger partial charge in [-0.3, -0.25) is 4.99 Å². The first-order valence-electron chi connectivity index (χ1n) is 2.12. The maximum atomic E-state index is 11.5. The van der Waals surface area contributed by atoms with Crippen LogP contribution in [0.25, 0.3) is 0 Å². The van der Waals surface area contributed by atoms with Crippen molar-refractivity contribution in [2.45, 2.75) is 12.5 Å². The molecule has 0 aromatic heterocycles. The fraction of sp³-hybridized carbons (Fsp3) is 0.500.